The molecule has 3 aromatic rings. The van der Waals surface area contributed by atoms with Crippen LogP contribution in [0, 0.1) is 5.82 Å². The van der Waals surface area contributed by atoms with E-state index in [9.17, 15) is 14.0 Å². The lowest BCUT2D eigenvalue weighted by molar-refractivity contribution is -0.136. The fourth-order valence-corrected chi connectivity index (χ4v) is 4.12. The molecule has 0 spiro atoms. The standard InChI is InChI=1S/C26H27FN2O4/c1-3-32-26(31)19-9-12-22-21(14-19)24(15-23(28-22)18-7-10-20(27)11-8-18)33-16-25(30)29-13-5-4-6-17(29)2/h7-12,14-15,17H,3-6,13,16H2,1-2H3/t17-/m1/s1. The third kappa shape index (κ3) is 5.13. The summed E-state index contributed by atoms with van der Waals surface area (Å²) >= 11 is 0. The zero-order valence-electron chi connectivity index (χ0n) is 18.8. The van der Waals surface area contributed by atoms with Gasteiger partial charge in [-0.15, -0.1) is 0 Å². The zero-order chi connectivity index (χ0) is 23.4. The van der Waals surface area contributed by atoms with E-state index in [1.165, 1.54) is 12.1 Å². The Morgan fingerprint density at radius 2 is 1.91 bits per heavy atom. The van der Waals surface area contributed by atoms with Crippen LogP contribution in [0.1, 0.15) is 43.5 Å². The number of hydrogen-bond donors (Lipinski definition) is 0. The first-order chi connectivity index (χ1) is 16.0. The highest BCUT2D eigenvalue weighted by atomic mass is 19.1. The second-order valence-corrected chi connectivity index (χ2v) is 8.19. The van der Waals surface area contributed by atoms with E-state index in [4.69, 9.17) is 9.47 Å². The van der Waals surface area contributed by atoms with E-state index in [0.717, 1.165) is 25.8 Å². The van der Waals surface area contributed by atoms with Gasteiger partial charge >= 0.3 is 5.97 Å². The van der Waals surface area contributed by atoms with Crippen LogP contribution in [0.2, 0.25) is 0 Å². The van der Waals surface area contributed by atoms with Crippen molar-refractivity contribution in [3.8, 4) is 17.0 Å². The second kappa shape index (κ2) is 9.98. The van der Waals surface area contributed by atoms with Gasteiger partial charge < -0.3 is 14.4 Å². The lowest BCUT2D eigenvalue weighted by Crippen LogP contribution is -2.44. The molecule has 7 heteroatoms. The summed E-state index contributed by atoms with van der Waals surface area (Å²) in [5.41, 5.74) is 2.27. The first-order valence-electron chi connectivity index (χ1n) is 11.3. The summed E-state index contributed by atoms with van der Waals surface area (Å²) in [6.07, 6.45) is 3.10. The number of halogens is 1. The Morgan fingerprint density at radius 3 is 2.64 bits per heavy atom. The molecule has 0 saturated carbocycles. The van der Waals surface area contributed by atoms with Crippen LogP contribution < -0.4 is 4.74 Å². The Bertz CT molecular complexity index is 1160. The Hall–Kier alpha value is -3.48. The number of fused-ring (bicyclic) bond motifs is 1. The minimum Gasteiger partial charge on any atom is -0.483 e. The minimum atomic E-state index is -0.439. The van der Waals surface area contributed by atoms with Crippen LogP contribution in [0.5, 0.6) is 5.75 Å². The van der Waals surface area contributed by atoms with Crippen LogP contribution in [-0.2, 0) is 9.53 Å². The molecule has 1 atom stereocenters. The summed E-state index contributed by atoms with van der Waals surface area (Å²) < 4.78 is 24.5. The lowest BCUT2D eigenvalue weighted by atomic mass is 10.0. The number of hydrogen-bond acceptors (Lipinski definition) is 5. The predicted octanol–water partition coefficient (Wildman–Crippen LogP) is 5.00. The average molecular weight is 451 g/mol. The number of piperidine rings is 1. The molecule has 1 aliphatic heterocycles. The van der Waals surface area contributed by atoms with Gasteiger partial charge in [0.15, 0.2) is 6.61 Å². The van der Waals surface area contributed by atoms with Crippen molar-refractivity contribution in [1.82, 2.24) is 9.88 Å². The number of nitrogens with zero attached hydrogens (tertiary/aromatic N) is 2. The van der Waals surface area contributed by atoms with E-state index >= 15 is 0 Å². The molecule has 1 saturated heterocycles. The first-order valence-corrected chi connectivity index (χ1v) is 11.3. The molecule has 2 heterocycles. The number of pyridine rings is 1. The summed E-state index contributed by atoms with van der Waals surface area (Å²) in [6, 6.07) is 13.0. The van der Waals surface area contributed by atoms with Crippen molar-refractivity contribution in [2.24, 2.45) is 0 Å². The third-order valence-electron chi connectivity index (χ3n) is 5.90. The number of benzene rings is 2. The van der Waals surface area contributed by atoms with Crippen molar-refractivity contribution in [2.45, 2.75) is 39.2 Å². The van der Waals surface area contributed by atoms with Gasteiger partial charge in [0.25, 0.3) is 5.91 Å². The number of rotatable bonds is 6. The van der Waals surface area contributed by atoms with E-state index in [1.807, 2.05) is 4.90 Å². The van der Waals surface area contributed by atoms with Crippen LogP contribution in [0.3, 0.4) is 0 Å². The fraction of sp³-hybridized carbons (Fsp3) is 0.346. The molecule has 1 aliphatic rings. The monoisotopic (exact) mass is 450 g/mol. The Balaban J connectivity index is 1.69. The van der Waals surface area contributed by atoms with Crippen LogP contribution in [0.15, 0.2) is 48.5 Å². The van der Waals surface area contributed by atoms with Gasteiger partial charge in [0.05, 0.1) is 23.4 Å². The number of likely N-dealkylation sites (tertiary alicyclic amines) is 1. The van der Waals surface area contributed by atoms with Crippen molar-refractivity contribution in [2.75, 3.05) is 19.8 Å². The zero-order valence-corrected chi connectivity index (χ0v) is 18.8. The highest BCUT2D eigenvalue weighted by Crippen LogP contribution is 2.31. The first kappa shape index (κ1) is 22.7. The van der Waals surface area contributed by atoms with Gasteiger partial charge in [0.2, 0.25) is 0 Å². The quantitative estimate of drug-likeness (QED) is 0.495. The van der Waals surface area contributed by atoms with E-state index in [2.05, 4.69) is 11.9 Å². The Labute approximate surface area is 192 Å². The Kier molecular flexibility index (Phi) is 6.87. The maximum atomic E-state index is 13.4. The molecule has 0 bridgehead atoms. The molecule has 33 heavy (non-hydrogen) atoms. The number of carbonyl (C=O) groups excluding carboxylic acids is 2. The second-order valence-electron chi connectivity index (χ2n) is 8.19. The highest BCUT2D eigenvalue weighted by Gasteiger charge is 2.24. The summed E-state index contributed by atoms with van der Waals surface area (Å²) in [5, 5.41) is 0.603. The average Bonchev–Trinajstić information content (AvgIpc) is 2.82. The summed E-state index contributed by atoms with van der Waals surface area (Å²) in [7, 11) is 0. The molecule has 0 aliphatic carbocycles. The summed E-state index contributed by atoms with van der Waals surface area (Å²) in [6.45, 7) is 4.68. The Morgan fingerprint density at radius 1 is 1.12 bits per heavy atom. The number of carbonyl (C=O) groups is 2. The summed E-state index contributed by atoms with van der Waals surface area (Å²) in [4.78, 5) is 31.6. The van der Waals surface area contributed by atoms with Gasteiger partial charge in [0.1, 0.15) is 11.6 Å². The largest absolute Gasteiger partial charge is 0.483 e. The molecule has 0 N–H and O–H groups in total. The number of amides is 1. The lowest BCUT2D eigenvalue weighted by Gasteiger charge is -2.33. The van der Waals surface area contributed by atoms with Crippen LogP contribution in [0.4, 0.5) is 4.39 Å². The number of aromatic nitrogens is 1. The van der Waals surface area contributed by atoms with Crippen molar-refractivity contribution in [1.29, 1.82) is 0 Å². The topological polar surface area (TPSA) is 68.7 Å². The molecule has 0 unspecified atom stereocenters. The molecule has 1 amide bonds. The van der Waals surface area contributed by atoms with E-state index in [-0.39, 0.29) is 31.0 Å². The van der Waals surface area contributed by atoms with Crippen LogP contribution in [0.25, 0.3) is 22.2 Å². The normalized spacial score (nSPS) is 16.0. The van der Waals surface area contributed by atoms with Gasteiger partial charge in [0, 0.05) is 29.6 Å². The molecule has 1 fully saturated rings. The van der Waals surface area contributed by atoms with Gasteiger partial charge in [-0.05, 0) is 75.6 Å². The third-order valence-corrected chi connectivity index (χ3v) is 5.90. The smallest absolute Gasteiger partial charge is 0.338 e. The van der Waals surface area contributed by atoms with E-state index < -0.39 is 5.97 Å². The van der Waals surface area contributed by atoms with Gasteiger partial charge in [-0.25, -0.2) is 14.2 Å². The molecular weight excluding hydrogens is 423 g/mol. The highest BCUT2D eigenvalue weighted by molar-refractivity contribution is 5.97. The molecule has 0 radical (unpaired) electrons. The summed E-state index contributed by atoms with van der Waals surface area (Å²) in [5.74, 6) is -0.414. The fourth-order valence-electron chi connectivity index (χ4n) is 4.12. The van der Waals surface area contributed by atoms with Crippen molar-refractivity contribution < 1.29 is 23.5 Å². The number of esters is 1. The van der Waals surface area contributed by atoms with Gasteiger partial charge in [-0.1, -0.05) is 0 Å². The van der Waals surface area contributed by atoms with Crippen LogP contribution in [-0.4, -0.2) is 47.6 Å². The molecular formula is C26H27FN2O4. The molecule has 1 aromatic heterocycles. The van der Waals surface area contributed by atoms with Crippen LogP contribution >= 0.6 is 0 Å². The molecule has 172 valence electrons. The van der Waals surface area contributed by atoms with Crippen molar-refractivity contribution >= 4 is 22.8 Å². The molecule has 6 nitrogen and oxygen atoms in total. The number of ether oxygens (including phenoxy) is 2. The maximum absolute atomic E-state index is 13.4. The van der Waals surface area contributed by atoms with E-state index in [0.29, 0.717) is 33.5 Å². The van der Waals surface area contributed by atoms with Gasteiger partial charge in [-0.3, -0.25) is 4.79 Å². The van der Waals surface area contributed by atoms with E-state index in [1.54, 1.807) is 43.3 Å². The minimum absolute atomic E-state index is 0.0722. The maximum Gasteiger partial charge on any atom is 0.338 e. The molecule has 4 rings (SSSR count). The van der Waals surface area contributed by atoms with Crippen molar-refractivity contribution in [3.63, 3.8) is 0 Å². The van der Waals surface area contributed by atoms with Crippen molar-refractivity contribution in [3.05, 3.63) is 59.9 Å². The van der Waals surface area contributed by atoms with Gasteiger partial charge in [-0.2, -0.15) is 0 Å². The molecule has 2 aromatic carbocycles. The SMILES string of the molecule is CCOC(=O)c1ccc2nc(-c3ccc(F)cc3)cc(OCC(=O)N3CCCC[C@H]3C)c2c1. The predicted molar refractivity (Wildman–Crippen MR) is 124 cm³/mol.